The molecular formula is C26H32N8O2S. The summed E-state index contributed by atoms with van der Waals surface area (Å²) in [6.45, 7) is 8.55. The standard InChI is InChI=1S/C26H32N8O2S/c1-16(2)33-10-12-34(13-11-33)17-5-6-19(21(15-17)36-4)30-26-31-23-18(7-9-28-23)24(32-26)29-20-8-14-37-22(20)25(35)27-3/h5-9,14-16H,10-13H2,1-4H3,(H,27,35)(H3,28,29,30,31,32). The number of hydrogen-bond donors (Lipinski definition) is 4. The second-order valence-electron chi connectivity index (χ2n) is 9.13. The Kier molecular flexibility index (Phi) is 7.15. The Morgan fingerprint density at radius 3 is 2.62 bits per heavy atom. The SMILES string of the molecule is CNC(=O)c1sccc1Nc1nc(Nc2ccc(N3CCN(C(C)C)CC3)cc2OC)nc2[nH]ccc12. The van der Waals surface area contributed by atoms with Crippen molar-refractivity contribution in [1.82, 2.24) is 25.2 Å². The van der Waals surface area contributed by atoms with E-state index in [0.717, 1.165) is 42.9 Å². The van der Waals surface area contributed by atoms with Gasteiger partial charge in [-0.25, -0.2) is 0 Å². The highest BCUT2D eigenvalue weighted by Crippen LogP contribution is 2.34. The van der Waals surface area contributed by atoms with Crippen LogP contribution in [-0.4, -0.2) is 72.1 Å². The number of hydrogen-bond acceptors (Lipinski definition) is 9. The number of anilines is 5. The van der Waals surface area contributed by atoms with Gasteiger partial charge in [-0.05, 0) is 43.5 Å². The lowest BCUT2D eigenvalue weighted by atomic mass is 10.2. The van der Waals surface area contributed by atoms with Crippen LogP contribution in [0, 0.1) is 0 Å². The van der Waals surface area contributed by atoms with Gasteiger partial charge in [0.15, 0.2) is 0 Å². The van der Waals surface area contributed by atoms with E-state index >= 15 is 0 Å². The number of carbonyl (C=O) groups is 1. The molecule has 1 aromatic carbocycles. The number of thiophene rings is 1. The van der Waals surface area contributed by atoms with Crippen LogP contribution in [0.1, 0.15) is 23.5 Å². The number of methoxy groups -OCH3 is 1. The van der Waals surface area contributed by atoms with E-state index in [1.807, 2.05) is 29.8 Å². The molecule has 10 nitrogen and oxygen atoms in total. The maximum absolute atomic E-state index is 12.3. The zero-order valence-corrected chi connectivity index (χ0v) is 22.3. The van der Waals surface area contributed by atoms with Gasteiger partial charge in [-0.3, -0.25) is 9.69 Å². The van der Waals surface area contributed by atoms with Crippen LogP contribution < -0.4 is 25.6 Å². The van der Waals surface area contributed by atoms with Crippen LogP contribution in [0.2, 0.25) is 0 Å². The summed E-state index contributed by atoms with van der Waals surface area (Å²) in [5.74, 6) is 1.57. The smallest absolute Gasteiger partial charge is 0.263 e. The molecule has 11 heteroatoms. The number of rotatable bonds is 8. The Labute approximate surface area is 220 Å². The molecule has 1 amide bonds. The predicted molar refractivity (Wildman–Crippen MR) is 150 cm³/mol. The van der Waals surface area contributed by atoms with Crippen LogP contribution in [0.15, 0.2) is 41.9 Å². The molecule has 0 atom stereocenters. The second-order valence-corrected chi connectivity index (χ2v) is 10.0. The number of aromatic nitrogens is 3. The Bertz CT molecular complexity index is 1390. The van der Waals surface area contributed by atoms with E-state index in [1.54, 1.807) is 14.2 Å². The molecule has 1 aliphatic heterocycles. The van der Waals surface area contributed by atoms with Crippen molar-refractivity contribution < 1.29 is 9.53 Å². The van der Waals surface area contributed by atoms with Gasteiger partial charge in [0.2, 0.25) is 5.95 Å². The van der Waals surface area contributed by atoms with E-state index in [2.05, 4.69) is 61.7 Å². The van der Waals surface area contributed by atoms with Crippen LogP contribution in [-0.2, 0) is 0 Å². The van der Waals surface area contributed by atoms with E-state index in [4.69, 9.17) is 9.72 Å². The average molecular weight is 521 g/mol. The zero-order valence-electron chi connectivity index (χ0n) is 21.5. The van der Waals surface area contributed by atoms with Gasteiger partial charge in [-0.2, -0.15) is 9.97 Å². The van der Waals surface area contributed by atoms with Crippen molar-refractivity contribution in [3.63, 3.8) is 0 Å². The second kappa shape index (κ2) is 10.7. The molecule has 3 aromatic heterocycles. The minimum Gasteiger partial charge on any atom is -0.494 e. The minimum absolute atomic E-state index is 0.148. The van der Waals surface area contributed by atoms with Crippen LogP contribution >= 0.6 is 11.3 Å². The van der Waals surface area contributed by atoms with Crippen molar-refractivity contribution in [2.24, 2.45) is 0 Å². The highest BCUT2D eigenvalue weighted by Gasteiger charge is 2.20. The van der Waals surface area contributed by atoms with E-state index in [-0.39, 0.29) is 5.91 Å². The average Bonchev–Trinajstić information content (AvgIpc) is 3.58. The summed E-state index contributed by atoms with van der Waals surface area (Å²) in [7, 11) is 3.28. The number of benzene rings is 1. The number of amides is 1. The third-order valence-electron chi connectivity index (χ3n) is 6.61. The molecule has 4 heterocycles. The molecule has 1 aliphatic rings. The Balaban J connectivity index is 1.39. The number of aromatic amines is 1. The Morgan fingerprint density at radius 2 is 1.89 bits per heavy atom. The van der Waals surface area contributed by atoms with Crippen molar-refractivity contribution in [2.75, 3.05) is 55.9 Å². The number of nitrogens with zero attached hydrogens (tertiary/aromatic N) is 4. The molecule has 5 rings (SSSR count). The summed E-state index contributed by atoms with van der Waals surface area (Å²) < 4.78 is 5.73. The Morgan fingerprint density at radius 1 is 1.08 bits per heavy atom. The fourth-order valence-electron chi connectivity index (χ4n) is 4.51. The van der Waals surface area contributed by atoms with Gasteiger partial charge in [-0.15, -0.1) is 11.3 Å². The van der Waals surface area contributed by atoms with Gasteiger partial charge < -0.3 is 30.6 Å². The molecule has 1 saturated heterocycles. The number of nitrogens with one attached hydrogen (secondary N) is 4. The maximum Gasteiger partial charge on any atom is 0.263 e. The molecule has 1 fully saturated rings. The number of ether oxygens (including phenoxy) is 1. The van der Waals surface area contributed by atoms with Gasteiger partial charge in [0, 0.05) is 57.2 Å². The van der Waals surface area contributed by atoms with E-state index < -0.39 is 0 Å². The fraction of sp³-hybridized carbons (Fsp3) is 0.346. The molecule has 37 heavy (non-hydrogen) atoms. The molecule has 0 unspecified atom stereocenters. The molecule has 0 saturated carbocycles. The molecule has 0 bridgehead atoms. The van der Waals surface area contributed by atoms with Crippen molar-refractivity contribution in [3.05, 3.63) is 46.8 Å². The van der Waals surface area contributed by atoms with Crippen LogP contribution in [0.3, 0.4) is 0 Å². The first-order chi connectivity index (χ1) is 18.0. The summed E-state index contributed by atoms with van der Waals surface area (Å²) in [6, 6.07) is 10.5. The summed E-state index contributed by atoms with van der Waals surface area (Å²) in [5.41, 5.74) is 3.27. The van der Waals surface area contributed by atoms with Gasteiger partial charge in [0.05, 0.1) is 23.9 Å². The zero-order chi connectivity index (χ0) is 25.9. The largest absolute Gasteiger partial charge is 0.494 e. The highest BCUT2D eigenvalue weighted by atomic mass is 32.1. The van der Waals surface area contributed by atoms with Crippen molar-refractivity contribution >= 4 is 57.1 Å². The number of piperazine rings is 1. The molecule has 0 aliphatic carbocycles. The summed E-state index contributed by atoms with van der Waals surface area (Å²) in [4.78, 5) is 30.3. The number of H-pyrrole nitrogens is 1. The third kappa shape index (κ3) is 5.18. The fourth-order valence-corrected chi connectivity index (χ4v) is 5.31. The minimum atomic E-state index is -0.148. The molecular weight excluding hydrogens is 488 g/mol. The lowest BCUT2D eigenvalue weighted by Gasteiger charge is -2.38. The maximum atomic E-state index is 12.3. The quantitative estimate of drug-likeness (QED) is 0.271. The Hall–Kier alpha value is -3.83. The predicted octanol–water partition coefficient (Wildman–Crippen LogP) is 4.41. The first-order valence-corrected chi connectivity index (χ1v) is 13.2. The van der Waals surface area contributed by atoms with Crippen molar-refractivity contribution in [1.29, 1.82) is 0 Å². The van der Waals surface area contributed by atoms with Gasteiger partial charge in [0.25, 0.3) is 5.91 Å². The van der Waals surface area contributed by atoms with Gasteiger partial charge >= 0.3 is 0 Å². The van der Waals surface area contributed by atoms with Gasteiger partial charge in [0.1, 0.15) is 22.1 Å². The van der Waals surface area contributed by atoms with E-state index in [0.29, 0.717) is 39.8 Å². The molecule has 4 aromatic rings. The van der Waals surface area contributed by atoms with Crippen molar-refractivity contribution in [2.45, 2.75) is 19.9 Å². The normalized spacial score (nSPS) is 14.2. The summed E-state index contributed by atoms with van der Waals surface area (Å²) in [5, 5.41) is 12.0. The first kappa shape index (κ1) is 24.8. The molecule has 0 spiro atoms. The van der Waals surface area contributed by atoms with E-state index in [1.165, 1.54) is 11.3 Å². The van der Waals surface area contributed by atoms with Crippen molar-refractivity contribution in [3.8, 4) is 5.75 Å². The third-order valence-corrected chi connectivity index (χ3v) is 7.52. The van der Waals surface area contributed by atoms with Crippen LogP contribution in [0.4, 0.5) is 28.8 Å². The summed E-state index contributed by atoms with van der Waals surface area (Å²) >= 11 is 1.37. The highest BCUT2D eigenvalue weighted by molar-refractivity contribution is 7.12. The molecule has 194 valence electrons. The monoisotopic (exact) mass is 520 g/mol. The van der Waals surface area contributed by atoms with Crippen LogP contribution in [0.5, 0.6) is 5.75 Å². The van der Waals surface area contributed by atoms with Gasteiger partial charge in [-0.1, -0.05) is 0 Å². The van der Waals surface area contributed by atoms with E-state index in [9.17, 15) is 4.79 Å². The summed E-state index contributed by atoms with van der Waals surface area (Å²) in [6.07, 6.45) is 1.82. The van der Waals surface area contributed by atoms with Crippen LogP contribution in [0.25, 0.3) is 11.0 Å². The lowest BCUT2D eigenvalue weighted by molar-refractivity contribution is 0.0968. The topological polar surface area (TPSA) is 110 Å². The molecule has 0 radical (unpaired) electrons. The molecule has 4 N–H and O–H groups in total. The lowest BCUT2D eigenvalue weighted by Crippen LogP contribution is -2.48. The number of fused-ring (bicyclic) bond motifs is 1. The number of carbonyl (C=O) groups excluding carboxylic acids is 1. The first-order valence-electron chi connectivity index (χ1n) is 12.3.